The molecule has 16 heavy (non-hydrogen) atoms. The first-order valence-electron chi connectivity index (χ1n) is 4.73. The molecular formula is C9H12N4O2S. The number of amidine groups is 1. The van der Waals surface area contributed by atoms with Gasteiger partial charge in [-0.2, -0.15) is 8.42 Å². The molecule has 0 unspecified atom stereocenters. The lowest BCUT2D eigenvalue weighted by Crippen LogP contribution is -2.33. The smallest absolute Gasteiger partial charge is 0.303 e. The van der Waals surface area contributed by atoms with E-state index in [2.05, 4.69) is 19.7 Å². The Kier molecular flexibility index (Phi) is 2.23. The molecule has 0 saturated carbocycles. The van der Waals surface area contributed by atoms with Gasteiger partial charge in [0.05, 0.1) is 11.9 Å². The van der Waals surface area contributed by atoms with Crippen LogP contribution in [-0.2, 0) is 10.0 Å². The van der Waals surface area contributed by atoms with Crippen molar-refractivity contribution in [1.82, 2.24) is 9.97 Å². The average Bonchev–Trinajstić information content (AvgIpc) is 2.15. The van der Waals surface area contributed by atoms with Crippen LogP contribution in [0.2, 0.25) is 0 Å². The predicted molar refractivity (Wildman–Crippen MR) is 59.7 cm³/mol. The van der Waals surface area contributed by atoms with Crippen LogP contribution >= 0.6 is 0 Å². The van der Waals surface area contributed by atoms with Gasteiger partial charge in [0.25, 0.3) is 0 Å². The molecule has 0 aliphatic carbocycles. The Labute approximate surface area is 93.9 Å². The zero-order valence-electron chi connectivity index (χ0n) is 9.22. The fourth-order valence-corrected chi connectivity index (χ4v) is 2.46. The molecule has 0 bridgehead atoms. The van der Waals surface area contributed by atoms with Gasteiger partial charge < -0.3 is 5.32 Å². The van der Waals surface area contributed by atoms with Crippen molar-refractivity contribution in [3.05, 3.63) is 12.5 Å². The molecule has 2 heterocycles. The molecule has 0 atom stereocenters. The summed E-state index contributed by atoms with van der Waals surface area (Å²) in [5.41, 5.74) is 0.00284. The SMILES string of the molecule is CC(C)(C)C1=NS(=O)(=O)c2ncncc2N1. The number of rotatable bonds is 0. The van der Waals surface area contributed by atoms with Crippen LogP contribution in [0, 0.1) is 5.41 Å². The molecule has 86 valence electrons. The molecule has 1 aliphatic rings. The maximum atomic E-state index is 11.8. The predicted octanol–water partition coefficient (Wildman–Crippen LogP) is 1.04. The minimum atomic E-state index is -3.70. The van der Waals surface area contributed by atoms with E-state index in [0.29, 0.717) is 11.5 Å². The molecule has 1 aromatic heterocycles. The van der Waals surface area contributed by atoms with Crippen LogP contribution in [0.5, 0.6) is 0 Å². The van der Waals surface area contributed by atoms with Crippen molar-refractivity contribution in [2.75, 3.05) is 5.32 Å². The van der Waals surface area contributed by atoms with E-state index in [1.165, 1.54) is 12.5 Å². The Morgan fingerprint density at radius 1 is 1.31 bits per heavy atom. The molecule has 0 fully saturated rings. The van der Waals surface area contributed by atoms with Crippen LogP contribution in [0.15, 0.2) is 21.9 Å². The van der Waals surface area contributed by atoms with Crippen LogP contribution in [0.3, 0.4) is 0 Å². The second-order valence-corrected chi connectivity index (χ2v) is 6.05. The van der Waals surface area contributed by atoms with E-state index in [1.54, 1.807) is 0 Å². The second kappa shape index (κ2) is 3.24. The van der Waals surface area contributed by atoms with Crippen molar-refractivity contribution in [2.45, 2.75) is 25.8 Å². The Hall–Kier alpha value is -1.50. The summed E-state index contributed by atoms with van der Waals surface area (Å²) in [4.78, 5) is 7.51. The number of hydrogen-bond donors (Lipinski definition) is 1. The minimum absolute atomic E-state index is 0.0736. The molecule has 0 aromatic carbocycles. The zero-order valence-corrected chi connectivity index (χ0v) is 10.0. The van der Waals surface area contributed by atoms with Crippen LogP contribution in [0.25, 0.3) is 0 Å². The van der Waals surface area contributed by atoms with E-state index in [1.807, 2.05) is 20.8 Å². The van der Waals surface area contributed by atoms with Crippen molar-refractivity contribution in [1.29, 1.82) is 0 Å². The van der Waals surface area contributed by atoms with Crippen LogP contribution in [0.4, 0.5) is 5.69 Å². The number of fused-ring (bicyclic) bond motifs is 1. The fourth-order valence-electron chi connectivity index (χ4n) is 1.25. The van der Waals surface area contributed by atoms with Gasteiger partial charge in [-0.05, 0) is 0 Å². The highest BCUT2D eigenvalue weighted by Crippen LogP contribution is 2.28. The van der Waals surface area contributed by atoms with E-state index >= 15 is 0 Å². The molecule has 0 saturated heterocycles. The van der Waals surface area contributed by atoms with Crippen molar-refractivity contribution >= 4 is 21.5 Å². The first-order chi connectivity index (χ1) is 7.31. The largest absolute Gasteiger partial charge is 0.339 e. The third kappa shape index (κ3) is 1.78. The van der Waals surface area contributed by atoms with Gasteiger partial charge in [-0.25, -0.2) is 9.97 Å². The number of hydrogen-bond acceptors (Lipinski definition) is 5. The molecule has 0 amide bonds. The molecule has 6 nitrogen and oxygen atoms in total. The Morgan fingerprint density at radius 2 is 2.00 bits per heavy atom. The zero-order chi connectivity index (χ0) is 12.0. The van der Waals surface area contributed by atoms with Gasteiger partial charge in [0.2, 0.25) is 5.03 Å². The lowest BCUT2D eigenvalue weighted by molar-refractivity contribution is 0.575. The van der Waals surface area contributed by atoms with Gasteiger partial charge in [0.15, 0.2) is 0 Å². The first-order valence-corrected chi connectivity index (χ1v) is 6.17. The number of nitrogens with one attached hydrogen (secondary N) is 1. The van der Waals surface area contributed by atoms with E-state index in [4.69, 9.17) is 0 Å². The highest BCUT2D eigenvalue weighted by Gasteiger charge is 2.31. The summed E-state index contributed by atoms with van der Waals surface area (Å²) >= 11 is 0. The van der Waals surface area contributed by atoms with Crippen LogP contribution in [0.1, 0.15) is 20.8 Å². The number of nitrogens with zero attached hydrogens (tertiary/aromatic N) is 3. The number of aromatic nitrogens is 2. The Morgan fingerprint density at radius 3 is 2.62 bits per heavy atom. The summed E-state index contributed by atoms with van der Waals surface area (Å²) in [6, 6.07) is 0. The summed E-state index contributed by atoms with van der Waals surface area (Å²) in [6.07, 6.45) is 2.62. The lowest BCUT2D eigenvalue weighted by Gasteiger charge is -2.25. The van der Waals surface area contributed by atoms with Crippen LogP contribution in [-0.4, -0.2) is 24.2 Å². The number of anilines is 1. The third-order valence-electron chi connectivity index (χ3n) is 2.09. The maximum Gasteiger partial charge on any atom is 0.303 e. The Balaban J connectivity index is 2.61. The van der Waals surface area contributed by atoms with Crippen LogP contribution < -0.4 is 5.32 Å². The second-order valence-electron chi connectivity index (χ2n) is 4.53. The van der Waals surface area contributed by atoms with Crippen molar-refractivity contribution < 1.29 is 8.42 Å². The Bertz CT molecular complexity index is 557. The standard InChI is InChI=1S/C9H12N4O2S/c1-9(2,3)8-12-6-4-10-5-11-7(6)16(14,15)13-8/h4-5H,1-3H3,(H,12,13). The van der Waals surface area contributed by atoms with E-state index in [9.17, 15) is 8.42 Å². The summed E-state index contributed by atoms with van der Waals surface area (Å²) in [5, 5.41) is 2.86. The van der Waals surface area contributed by atoms with Crippen molar-refractivity contribution in [3.63, 3.8) is 0 Å². The molecule has 0 radical (unpaired) electrons. The van der Waals surface area contributed by atoms with Gasteiger partial charge >= 0.3 is 10.0 Å². The van der Waals surface area contributed by atoms with E-state index in [-0.39, 0.29) is 10.4 Å². The van der Waals surface area contributed by atoms with Crippen molar-refractivity contribution in [3.8, 4) is 0 Å². The first kappa shape index (κ1) is 11.0. The van der Waals surface area contributed by atoms with Gasteiger partial charge in [-0.1, -0.05) is 20.8 Å². The summed E-state index contributed by atoms with van der Waals surface area (Å²) in [5.74, 6) is 0.398. The van der Waals surface area contributed by atoms with E-state index < -0.39 is 10.0 Å². The monoisotopic (exact) mass is 240 g/mol. The minimum Gasteiger partial charge on any atom is -0.339 e. The summed E-state index contributed by atoms with van der Waals surface area (Å²) in [6.45, 7) is 5.63. The fraction of sp³-hybridized carbons (Fsp3) is 0.444. The van der Waals surface area contributed by atoms with Gasteiger partial charge in [-0.3, -0.25) is 0 Å². The van der Waals surface area contributed by atoms with Gasteiger partial charge in [-0.15, -0.1) is 4.40 Å². The topological polar surface area (TPSA) is 84.3 Å². The highest BCUT2D eigenvalue weighted by atomic mass is 32.2. The highest BCUT2D eigenvalue weighted by molar-refractivity contribution is 7.90. The summed E-state index contributed by atoms with van der Waals surface area (Å²) in [7, 11) is -3.70. The van der Waals surface area contributed by atoms with Crippen molar-refractivity contribution in [2.24, 2.45) is 9.81 Å². The number of sulfonamides is 1. The van der Waals surface area contributed by atoms with Gasteiger partial charge in [0.1, 0.15) is 12.2 Å². The van der Waals surface area contributed by atoms with Gasteiger partial charge in [0, 0.05) is 5.41 Å². The normalized spacial score (nSPS) is 18.3. The molecular weight excluding hydrogens is 228 g/mol. The molecule has 0 spiro atoms. The molecule has 1 aliphatic heterocycles. The molecule has 1 N–H and O–H groups in total. The quantitative estimate of drug-likeness (QED) is 0.685. The molecule has 7 heteroatoms. The average molecular weight is 240 g/mol. The molecule has 2 rings (SSSR count). The molecule has 1 aromatic rings. The van der Waals surface area contributed by atoms with E-state index in [0.717, 1.165) is 0 Å². The maximum absolute atomic E-state index is 11.8. The lowest BCUT2D eigenvalue weighted by atomic mass is 9.95. The summed E-state index contributed by atoms with van der Waals surface area (Å²) < 4.78 is 27.3. The third-order valence-corrected chi connectivity index (χ3v) is 3.33.